The number of thiocarbonyl (C=S) groups is 1. The molecule has 0 aliphatic heterocycles. The molecule has 1 amide bonds. The second-order valence-electron chi connectivity index (χ2n) is 5.02. The Hall–Kier alpha value is -1.62. The summed E-state index contributed by atoms with van der Waals surface area (Å²) in [6.45, 7) is 0.619. The number of carbonyl (C=O) groups excluding carboxylic acids is 1. The lowest BCUT2D eigenvalue weighted by atomic mass is 10.1. The molecule has 1 saturated carbocycles. The molecular formula is C15H20N2O2S. The van der Waals surface area contributed by atoms with E-state index in [1.165, 1.54) is 0 Å². The lowest BCUT2D eigenvalue weighted by Gasteiger charge is -2.22. The van der Waals surface area contributed by atoms with E-state index in [2.05, 4.69) is 0 Å². The molecule has 0 spiro atoms. The number of carbonyl (C=O) groups is 1. The Morgan fingerprint density at radius 3 is 2.75 bits per heavy atom. The molecule has 0 aromatic heterocycles. The van der Waals surface area contributed by atoms with Crippen LogP contribution in [0.5, 0.6) is 5.75 Å². The number of nitrogens with zero attached hydrogens (tertiary/aromatic N) is 1. The van der Waals surface area contributed by atoms with Crippen LogP contribution in [-0.4, -0.2) is 35.5 Å². The predicted molar refractivity (Wildman–Crippen MR) is 82.8 cm³/mol. The van der Waals surface area contributed by atoms with Crippen molar-refractivity contribution in [2.75, 3.05) is 13.7 Å². The maximum atomic E-state index is 12.5. The summed E-state index contributed by atoms with van der Waals surface area (Å²) in [5, 5.41) is 0. The lowest BCUT2D eigenvalue weighted by molar-refractivity contribution is -0.131. The molecule has 4 nitrogen and oxygen atoms in total. The van der Waals surface area contributed by atoms with Crippen molar-refractivity contribution in [2.45, 2.75) is 31.7 Å². The van der Waals surface area contributed by atoms with Gasteiger partial charge in [0.1, 0.15) is 5.75 Å². The zero-order valence-corrected chi connectivity index (χ0v) is 12.5. The Morgan fingerprint density at radius 1 is 1.45 bits per heavy atom. The zero-order valence-electron chi connectivity index (χ0n) is 11.7. The van der Waals surface area contributed by atoms with Crippen LogP contribution >= 0.6 is 12.2 Å². The fourth-order valence-electron chi connectivity index (χ4n) is 2.24. The summed E-state index contributed by atoms with van der Waals surface area (Å²) in [5.41, 5.74) is 6.45. The fraction of sp³-hybridized carbons (Fsp3) is 0.467. The third kappa shape index (κ3) is 3.93. The predicted octanol–water partition coefficient (Wildman–Crippen LogP) is 1.90. The minimum atomic E-state index is 0.119. The molecule has 0 saturated heterocycles. The molecule has 0 unspecified atom stereocenters. The van der Waals surface area contributed by atoms with Crippen LogP contribution in [0.2, 0.25) is 0 Å². The molecule has 20 heavy (non-hydrogen) atoms. The maximum Gasteiger partial charge on any atom is 0.227 e. The van der Waals surface area contributed by atoms with E-state index in [1.807, 2.05) is 29.2 Å². The Bertz CT molecular complexity index is 500. The Labute approximate surface area is 124 Å². The van der Waals surface area contributed by atoms with E-state index in [1.54, 1.807) is 7.11 Å². The Morgan fingerprint density at radius 2 is 2.15 bits per heavy atom. The van der Waals surface area contributed by atoms with Crippen LogP contribution in [0.4, 0.5) is 0 Å². The zero-order chi connectivity index (χ0) is 14.5. The van der Waals surface area contributed by atoms with Crippen molar-refractivity contribution < 1.29 is 9.53 Å². The molecular weight excluding hydrogens is 272 g/mol. The molecule has 1 aromatic rings. The standard InChI is InChI=1S/C15H20N2O2S/c1-19-13-5-3-2-4-11(13)10-15(18)17(12-6-7-12)9-8-14(16)20/h2-5,12H,6-10H2,1H3,(H2,16,20). The highest BCUT2D eigenvalue weighted by atomic mass is 32.1. The fourth-order valence-corrected chi connectivity index (χ4v) is 2.33. The monoisotopic (exact) mass is 292 g/mol. The summed E-state index contributed by atoms with van der Waals surface area (Å²) < 4.78 is 5.29. The number of methoxy groups -OCH3 is 1. The van der Waals surface area contributed by atoms with Crippen molar-refractivity contribution >= 4 is 23.1 Å². The van der Waals surface area contributed by atoms with Crippen LogP contribution < -0.4 is 10.5 Å². The van der Waals surface area contributed by atoms with E-state index < -0.39 is 0 Å². The minimum absolute atomic E-state index is 0.119. The van der Waals surface area contributed by atoms with Crippen LogP contribution in [0, 0.1) is 0 Å². The molecule has 0 atom stereocenters. The molecule has 2 rings (SSSR count). The molecule has 108 valence electrons. The van der Waals surface area contributed by atoms with Crippen molar-refractivity contribution in [2.24, 2.45) is 5.73 Å². The third-order valence-electron chi connectivity index (χ3n) is 3.44. The molecule has 1 fully saturated rings. The first kappa shape index (κ1) is 14.8. The topological polar surface area (TPSA) is 55.6 Å². The Balaban J connectivity index is 2.02. The van der Waals surface area contributed by atoms with Gasteiger partial charge in [-0.2, -0.15) is 0 Å². The number of benzene rings is 1. The molecule has 0 heterocycles. The molecule has 2 N–H and O–H groups in total. The van der Waals surface area contributed by atoms with Gasteiger partial charge in [0.2, 0.25) is 5.91 Å². The molecule has 0 radical (unpaired) electrons. The number of amides is 1. The van der Waals surface area contributed by atoms with Gasteiger partial charge in [-0.25, -0.2) is 0 Å². The molecule has 1 aliphatic carbocycles. The quantitative estimate of drug-likeness (QED) is 0.780. The van der Waals surface area contributed by atoms with Gasteiger partial charge in [0.05, 0.1) is 18.5 Å². The van der Waals surface area contributed by atoms with Crippen LogP contribution in [0.3, 0.4) is 0 Å². The van der Waals surface area contributed by atoms with Crippen molar-refractivity contribution in [3.05, 3.63) is 29.8 Å². The van der Waals surface area contributed by atoms with Gasteiger partial charge in [0.25, 0.3) is 0 Å². The summed E-state index contributed by atoms with van der Waals surface area (Å²) in [7, 11) is 1.62. The van der Waals surface area contributed by atoms with Crippen molar-refractivity contribution in [3.8, 4) is 5.75 Å². The van der Waals surface area contributed by atoms with Crippen molar-refractivity contribution in [1.82, 2.24) is 4.90 Å². The highest BCUT2D eigenvalue weighted by Gasteiger charge is 2.32. The lowest BCUT2D eigenvalue weighted by Crippen LogP contribution is -2.36. The third-order valence-corrected chi connectivity index (χ3v) is 3.65. The number of hydrogen-bond donors (Lipinski definition) is 1. The number of hydrogen-bond acceptors (Lipinski definition) is 3. The summed E-state index contributed by atoms with van der Waals surface area (Å²) in [4.78, 5) is 14.8. The van der Waals surface area contributed by atoms with E-state index in [9.17, 15) is 4.79 Å². The van der Waals surface area contributed by atoms with Gasteiger partial charge >= 0.3 is 0 Å². The normalized spacial score (nSPS) is 13.8. The van der Waals surface area contributed by atoms with Gasteiger partial charge in [-0.1, -0.05) is 30.4 Å². The highest BCUT2D eigenvalue weighted by Crippen LogP contribution is 2.28. The molecule has 1 aromatic carbocycles. The van der Waals surface area contributed by atoms with Gasteiger partial charge in [-0.15, -0.1) is 0 Å². The summed E-state index contributed by atoms with van der Waals surface area (Å²) in [6, 6.07) is 7.99. The first-order valence-electron chi connectivity index (χ1n) is 6.81. The van der Waals surface area contributed by atoms with Crippen LogP contribution in [0.15, 0.2) is 24.3 Å². The average Bonchev–Trinajstić information content (AvgIpc) is 3.24. The number of nitrogens with two attached hydrogens (primary N) is 1. The van der Waals surface area contributed by atoms with Crippen molar-refractivity contribution in [1.29, 1.82) is 0 Å². The highest BCUT2D eigenvalue weighted by molar-refractivity contribution is 7.80. The van der Waals surface area contributed by atoms with Crippen molar-refractivity contribution in [3.63, 3.8) is 0 Å². The van der Waals surface area contributed by atoms with E-state index >= 15 is 0 Å². The van der Waals surface area contributed by atoms with E-state index in [-0.39, 0.29) is 5.91 Å². The van der Waals surface area contributed by atoms with Crippen LogP contribution in [0.25, 0.3) is 0 Å². The first-order valence-corrected chi connectivity index (χ1v) is 7.22. The van der Waals surface area contributed by atoms with Crippen LogP contribution in [0.1, 0.15) is 24.8 Å². The average molecular weight is 292 g/mol. The van der Waals surface area contributed by atoms with Gasteiger partial charge < -0.3 is 15.4 Å². The number of para-hydroxylation sites is 1. The minimum Gasteiger partial charge on any atom is -0.496 e. The van der Waals surface area contributed by atoms with E-state index in [0.29, 0.717) is 30.4 Å². The largest absolute Gasteiger partial charge is 0.496 e. The summed E-state index contributed by atoms with van der Waals surface area (Å²) in [6.07, 6.45) is 3.10. The first-order chi connectivity index (χ1) is 9.61. The van der Waals surface area contributed by atoms with Crippen LogP contribution in [-0.2, 0) is 11.2 Å². The summed E-state index contributed by atoms with van der Waals surface area (Å²) in [5.74, 6) is 0.874. The van der Waals surface area contributed by atoms with Gasteiger partial charge in [0.15, 0.2) is 0 Å². The molecule has 5 heteroatoms. The molecule has 1 aliphatic rings. The van der Waals surface area contributed by atoms with E-state index in [0.717, 1.165) is 24.2 Å². The maximum absolute atomic E-state index is 12.5. The number of rotatable bonds is 7. The molecule has 0 bridgehead atoms. The Kier molecular flexibility index (Phi) is 4.95. The summed E-state index contributed by atoms with van der Waals surface area (Å²) >= 11 is 4.90. The van der Waals surface area contributed by atoms with Gasteiger partial charge in [0, 0.05) is 24.6 Å². The number of ether oxygens (including phenoxy) is 1. The van der Waals surface area contributed by atoms with Gasteiger partial charge in [-0.05, 0) is 18.9 Å². The van der Waals surface area contributed by atoms with Gasteiger partial charge in [-0.3, -0.25) is 4.79 Å². The van der Waals surface area contributed by atoms with E-state index in [4.69, 9.17) is 22.7 Å². The SMILES string of the molecule is COc1ccccc1CC(=O)N(CCC(N)=S)C1CC1. The second kappa shape index (κ2) is 6.70. The smallest absolute Gasteiger partial charge is 0.227 e. The second-order valence-corrected chi connectivity index (χ2v) is 5.55.